The smallest absolute Gasteiger partial charge is 0.251 e. The molecule has 0 aliphatic heterocycles. The van der Waals surface area contributed by atoms with Gasteiger partial charge in [-0.05, 0) is 29.2 Å². The molecule has 28 heavy (non-hydrogen) atoms. The minimum Gasteiger partial charge on any atom is -0.371 e. The molecule has 11 heteroatoms. The molecule has 2 unspecified atom stereocenters. The summed E-state index contributed by atoms with van der Waals surface area (Å²) in [7, 11) is 0. The molecule has 2 aliphatic rings. The summed E-state index contributed by atoms with van der Waals surface area (Å²) in [5, 5.41) is 38.8. The fraction of sp³-hybridized carbons (Fsp3) is 0.529. The van der Waals surface area contributed by atoms with Gasteiger partial charge >= 0.3 is 0 Å². The largest absolute Gasteiger partial charge is 0.371 e. The molecule has 0 fully saturated rings. The van der Waals surface area contributed by atoms with E-state index in [-0.39, 0.29) is 35.1 Å². The van der Waals surface area contributed by atoms with E-state index in [1.807, 2.05) is 13.8 Å². The maximum absolute atomic E-state index is 11.2. The summed E-state index contributed by atoms with van der Waals surface area (Å²) in [6, 6.07) is 0. The van der Waals surface area contributed by atoms with E-state index in [4.69, 9.17) is 27.9 Å². The van der Waals surface area contributed by atoms with Gasteiger partial charge in [-0.3, -0.25) is 20.2 Å². The zero-order valence-corrected chi connectivity index (χ0v) is 16.7. The Morgan fingerprint density at radius 1 is 1.04 bits per heavy atom. The van der Waals surface area contributed by atoms with Crippen LogP contribution in [0.1, 0.15) is 26.7 Å². The number of rotatable bonds is 7. The van der Waals surface area contributed by atoms with Crippen molar-refractivity contribution in [3.63, 3.8) is 0 Å². The van der Waals surface area contributed by atoms with Gasteiger partial charge in [0.1, 0.15) is 6.10 Å². The molecule has 0 aromatic rings. The Labute approximate surface area is 170 Å². The van der Waals surface area contributed by atoms with Gasteiger partial charge in [-0.2, -0.15) is 0 Å². The quantitative estimate of drug-likeness (QED) is 0.357. The van der Waals surface area contributed by atoms with Gasteiger partial charge < -0.3 is 14.9 Å². The average molecular weight is 435 g/mol. The standard InChI is InChI=1S/C17H20Cl2N2O7/c1-10(2)9-28-15(11-3-13(20(24)25)7-16(18,22)5-11)12-4-14(21(26)27)8-17(19,23)6-12/h3-6,10,15,22-23H,7-9H2,1-2H3. The molecule has 154 valence electrons. The zero-order valence-electron chi connectivity index (χ0n) is 15.2. The van der Waals surface area contributed by atoms with Crippen LogP contribution in [0.2, 0.25) is 0 Å². The summed E-state index contributed by atoms with van der Waals surface area (Å²) >= 11 is 11.9. The molecule has 0 amide bonds. The van der Waals surface area contributed by atoms with E-state index in [0.717, 1.165) is 0 Å². The highest BCUT2D eigenvalue weighted by molar-refractivity contribution is 6.24. The molecule has 0 aromatic carbocycles. The van der Waals surface area contributed by atoms with Gasteiger partial charge in [0.15, 0.2) is 10.1 Å². The van der Waals surface area contributed by atoms with Crippen molar-refractivity contribution < 1.29 is 24.8 Å². The van der Waals surface area contributed by atoms with E-state index >= 15 is 0 Å². The fourth-order valence-corrected chi connectivity index (χ4v) is 3.43. The van der Waals surface area contributed by atoms with Crippen molar-refractivity contribution in [2.24, 2.45) is 5.92 Å². The van der Waals surface area contributed by atoms with Gasteiger partial charge in [0.05, 0.1) is 29.3 Å². The number of ether oxygens (including phenoxy) is 1. The topological polar surface area (TPSA) is 136 Å². The van der Waals surface area contributed by atoms with Gasteiger partial charge in [0, 0.05) is 12.2 Å². The van der Waals surface area contributed by atoms with Crippen LogP contribution in [0.15, 0.2) is 46.8 Å². The summed E-state index contributed by atoms with van der Waals surface area (Å²) in [6.45, 7) is 3.94. The van der Waals surface area contributed by atoms with Gasteiger partial charge in [-0.1, -0.05) is 37.0 Å². The van der Waals surface area contributed by atoms with Crippen LogP contribution in [0.3, 0.4) is 0 Å². The SMILES string of the molecule is CC(C)COC(C1=CC(O)(Cl)CC([N+](=O)[O-])=C1)C1=CC(O)(Cl)CC([N+](=O)[O-])=C1. The highest BCUT2D eigenvalue weighted by Crippen LogP contribution is 2.38. The lowest BCUT2D eigenvalue weighted by molar-refractivity contribution is -0.429. The predicted molar refractivity (Wildman–Crippen MR) is 102 cm³/mol. The number of alkyl halides is 2. The molecule has 0 aromatic heterocycles. The van der Waals surface area contributed by atoms with E-state index in [9.17, 15) is 30.4 Å². The minimum atomic E-state index is -2.02. The molecule has 0 radical (unpaired) electrons. The van der Waals surface area contributed by atoms with Gasteiger partial charge in [0.2, 0.25) is 0 Å². The van der Waals surface area contributed by atoms with Gasteiger partial charge in [0.25, 0.3) is 11.4 Å². The van der Waals surface area contributed by atoms with Crippen molar-refractivity contribution in [3.05, 3.63) is 67.1 Å². The average Bonchev–Trinajstić information content (AvgIpc) is 2.51. The van der Waals surface area contributed by atoms with Crippen molar-refractivity contribution in [2.75, 3.05) is 6.61 Å². The third-order valence-electron chi connectivity index (χ3n) is 3.97. The van der Waals surface area contributed by atoms with Gasteiger partial charge in [-0.25, -0.2) is 0 Å². The predicted octanol–water partition coefficient (Wildman–Crippen LogP) is 2.86. The Hall–Kier alpha value is -1.78. The van der Waals surface area contributed by atoms with Crippen molar-refractivity contribution in [1.82, 2.24) is 0 Å². The summed E-state index contributed by atoms with van der Waals surface area (Å²) in [4.78, 5) is 21.1. The van der Waals surface area contributed by atoms with E-state index in [1.165, 1.54) is 24.3 Å². The van der Waals surface area contributed by atoms with Crippen LogP contribution in [-0.2, 0) is 4.74 Å². The fourth-order valence-electron chi connectivity index (χ4n) is 2.90. The maximum atomic E-state index is 11.2. The molecule has 0 saturated carbocycles. The molecule has 2 aliphatic carbocycles. The first-order valence-electron chi connectivity index (χ1n) is 8.39. The van der Waals surface area contributed by atoms with Crippen LogP contribution in [0.5, 0.6) is 0 Å². The number of nitrogens with zero attached hydrogens (tertiary/aromatic N) is 2. The summed E-state index contributed by atoms with van der Waals surface area (Å²) in [5.41, 5.74) is -0.417. The van der Waals surface area contributed by atoms with Crippen molar-refractivity contribution in [1.29, 1.82) is 0 Å². The van der Waals surface area contributed by atoms with Crippen LogP contribution < -0.4 is 0 Å². The minimum absolute atomic E-state index is 0.0681. The maximum Gasteiger partial charge on any atom is 0.251 e. The van der Waals surface area contributed by atoms with E-state index < -0.39 is 38.9 Å². The molecule has 2 atom stereocenters. The Balaban J connectivity index is 2.56. The van der Waals surface area contributed by atoms with E-state index in [0.29, 0.717) is 0 Å². The lowest BCUT2D eigenvalue weighted by Crippen LogP contribution is -2.32. The number of aliphatic hydroxyl groups is 2. The van der Waals surface area contributed by atoms with Crippen molar-refractivity contribution in [3.8, 4) is 0 Å². The number of nitro groups is 2. The second-order valence-electron chi connectivity index (χ2n) is 7.17. The van der Waals surface area contributed by atoms with Crippen LogP contribution in [0, 0.1) is 26.1 Å². The molecule has 0 spiro atoms. The number of hydrogen-bond donors (Lipinski definition) is 2. The second kappa shape index (κ2) is 8.30. The first kappa shape index (κ1) is 22.5. The Bertz CT molecular complexity index is 737. The lowest BCUT2D eigenvalue weighted by Gasteiger charge is -2.29. The van der Waals surface area contributed by atoms with E-state index in [1.54, 1.807) is 0 Å². The van der Waals surface area contributed by atoms with Gasteiger partial charge in [-0.15, -0.1) is 0 Å². The molecule has 2 N–H and O–H groups in total. The highest BCUT2D eigenvalue weighted by atomic mass is 35.5. The molecule has 2 rings (SSSR count). The second-order valence-corrected chi connectivity index (χ2v) is 8.48. The summed E-state index contributed by atoms with van der Waals surface area (Å²) in [5.74, 6) is 0.0681. The van der Waals surface area contributed by atoms with Crippen molar-refractivity contribution >= 4 is 23.2 Å². The van der Waals surface area contributed by atoms with Crippen LogP contribution in [0.25, 0.3) is 0 Å². The molecular formula is C17H20Cl2N2O7. The molecule has 0 saturated heterocycles. The Morgan fingerprint density at radius 2 is 1.43 bits per heavy atom. The molecule has 9 nitrogen and oxygen atoms in total. The summed E-state index contributed by atoms with van der Waals surface area (Å²) < 4.78 is 5.81. The first-order valence-corrected chi connectivity index (χ1v) is 9.15. The number of halogens is 2. The summed E-state index contributed by atoms with van der Waals surface area (Å²) in [6.07, 6.45) is 2.87. The highest BCUT2D eigenvalue weighted by Gasteiger charge is 2.39. The third-order valence-corrected chi connectivity index (χ3v) is 4.46. The Kier molecular flexibility index (Phi) is 6.67. The van der Waals surface area contributed by atoms with Crippen LogP contribution >= 0.6 is 23.2 Å². The lowest BCUT2D eigenvalue weighted by atomic mass is 9.89. The molecule has 0 heterocycles. The first-order chi connectivity index (χ1) is 12.8. The van der Waals surface area contributed by atoms with E-state index in [2.05, 4.69) is 0 Å². The normalized spacial score (nSPS) is 28.8. The monoisotopic (exact) mass is 434 g/mol. The van der Waals surface area contributed by atoms with Crippen LogP contribution in [0.4, 0.5) is 0 Å². The van der Waals surface area contributed by atoms with Crippen LogP contribution in [-0.4, -0.2) is 42.9 Å². The Morgan fingerprint density at radius 3 is 1.75 bits per heavy atom. The zero-order chi connectivity index (χ0) is 21.3. The number of hydrogen-bond acceptors (Lipinski definition) is 7. The third kappa shape index (κ3) is 5.86. The van der Waals surface area contributed by atoms with Crippen molar-refractivity contribution in [2.45, 2.75) is 42.9 Å². The molecule has 0 bridgehead atoms. The molecular weight excluding hydrogens is 415 g/mol.